The van der Waals surface area contributed by atoms with E-state index in [1.54, 1.807) is 0 Å². The molecule has 1 rings (SSSR count). The minimum Gasteiger partial charge on any atom is -0.299 e. The molecule has 1 unspecified atom stereocenters. The highest BCUT2D eigenvalue weighted by Crippen LogP contribution is 2.21. The van der Waals surface area contributed by atoms with Crippen molar-refractivity contribution in [3.8, 4) is 0 Å². The third-order valence-electron chi connectivity index (χ3n) is 3.19. The van der Waals surface area contributed by atoms with Gasteiger partial charge in [-0.1, -0.05) is 44.8 Å². The smallest absolute Gasteiger partial charge is 0.139 e. The van der Waals surface area contributed by atoms with Gasteiger partial charge in [-0.15, -0.1) is 0 Å². The molecule has 1 heteroatoms. The lowest BCUT2D eigenvalue weighted by Crippen LogP contribution is -2.16. The van der Waals surface area contributed by atoms with Crippen LogP contribution in [0.25, 0.3) is 0 Å². The van der Waals surface area contributed by atoms with Crippen LogP contribution in [0.4, 0.5) is 0 Å². The standard InChI is InChI=1S/C14H24O/c1-2-3-4-5-6-7-10-13-11-8-9-12-14(13)15/h7,10,13H,2-6,8-9,11-12H2,1H3/b10-7-. The van der Waals surface area contributed by atoms with Gasteiger partial charge in [-0.25, -0.2) is 0 Å². The Morgan fingerprint density at radius 1 is 1.27 bits per heavy atom. The quantitative estimate of drug-likeness (QED) is 0.470. The lowest BCUT2D eigenvalue weighted by Gasteiger charge is -2.16. The summed E-state index contributed by atoms with van der Waals surface area (Å²) in [6, 6.07) is 0. The number of hydrogen-bond acceptors (Lipinski definition) is 1. The van der Waals surface area contributed by atoms with E-state index in [9.17, 15) is 4.79 Å². The first-order chi connectivity index (χ1) is 7.34. The van der Waals surface area contributed by atoms with Crippen molar-refractivity contribution in [1.29, 1.82) is 0 Å². The van der Waals surface area contributed by atoms with E-state index in [1.165, 1.54) is 32.1 Å². The Morgan fingerprint density at radius 2 is 2.13 bits per heavy atom. The topological polar surface area (TPSA) is 17.1 Å². The van der Waals surface area contributed by atoms with Gasteiger partial charge in [-0.3, -0.25) is 4.79 Å². The Kier molecular flexibility index (Phi) is 6.38. The molecule has 0 radical (unpaired) electrons. The first kappa shape index (κ1) is 12.5. The fourth-order valence-corrected chi connectivity index (χ4v) is 2.16. The van der Waals surface area contributed by atoms with Crippen LogP contribution in [0.5, 0.6) is 0 Å². The molecule has 0 N–H and O–H groups in total. The number of Topliss-reactive ketones (excluding diaryl/α,β-unsaturated/α-hetero) is 1. The van der Waals surface area contributed by atoms with Crippen molar-refractivity contribution in [3.63, 3.8) is 0 Å². The van der Waals surface area contributed by atoms with Gasteiger partial charge in [0.15, 0.2) is 0 Å². The molecular weight excluding hydrogens is 184 g/mol. The molecule has 1 aliphatic carbocycles. The summed E-state index contributed by atoms with van der Waals surface area (Å²) in [7, 11) is 0. The molecule has 0 aromatic carbocycles. The van der Waals surface area contributed by atoms with Crippen molar-refractivity contribution in [2.75, 3.05) is 0 Å². The largest absolute Gasteiger partial charge is 0.299 e. The average Bonchev–Trinajstić information content (AvgIpc) is 2.25. The van der Waals surface area contributed by atoms with Crippen LogP contribution in [0.1, 0.15) is 64.7 Å². The summed E-state index contributed by atoms with van der Waals surface area (Å²) >= 11 is 0. The van der Waals surface area contributed by atoms with Crippen LogP contribution < -0.4 is 0 Å². The highest BCUT2D eigenvalue weighted by Gasteiger charge is 2.18. The molecule has 0 saturated heterocycles. The second kappa shape index (κ2) is 7.67. The molecule has 15 heavy (non-hydrogen) atoms. The number of unbranched alkanes of at least 4 members (excludes halogenated alkanes) is 4. The van der Waals surface area contributed by atoms with Gasteiger partial charge in [-0.05, 0) is 25.7 Å². The van der Waals surface area contributed by atoms with Crippen molar-refractivity contribution in [2.45, 2.75) is 64.7 Å². The third kappa shape index (κ3) is 5.15. The van der Waals surface area contributed by atoms with Gasteiger partial charge in [0.05, 0.1) is 0 Å². The molecule has 1 nitrogen and oxygen atoms in total. The fraction of sp³-hybridized carbons (Fsp3) is 0.786. The summed E-state index contributed by atoms with van der Waals surface area (Å²) in [5.74, 6) is 0.719. The summed E-state index contributed by atoms with van der Waals surface area (Å²) in [5, 5.41) is 0. The Labute approximate surface area is 93.9 Å². The van der Waals surface area contributed by atoms with Gasteiger partial charge in [0.25, 0.3) is 0 Å². The predicted molar refractivity (Wildman–Crippen MR) is 64.9 cm³/mol. The van der Waals surface area contributed by atoms with E-state index in [-0.39, 0.29) is 5.92 Å². The van der Waals surface area contributed by atoms with Crippen LogP contribution in [0.3, 0.4) is 0 Å². The Balaban J connectivity index is 2.10. The molecule has 1 atom stereocenters. The van der Waals surface area contributed by atoms with Gasteiger partial charge in [0, 0.05) is 12.3 Å². The molecule has 0 amide bonds. The molecule has 0 spiro atoms. The first-order valence-corrected chi connectivity index (χ1v) is 6.54. The van der Waals surface area contributed by atoms with Crippen molar-refractivity contribution in [3.05, 3.63) is 12.2 Å². The van der Waals surface area contributed by atoms with Gasteiger partial charge in [-0.2, -0.15) is 0 Å². The summed E-state index contributed by atoms with van der Waals surface area (Å²) in [5.41, 5.74) is 0. The maximum atomic E-state index is 11.5. The van der Waals surface area contributed by atoms with Gasteiger partial charge < -0.3 is 0 Å². The Hall–Kier alpha value is -0.590. The van der Waals surface area contributed by atoms with E-state index < -0.39 is 0 Å². The molecule has 0 heterocycles. The molecular formula is C14H24O. The van der Waals surface area contributed by atoms with Crippen molar-refractivity contribution in [1.82, 2.24) is 0 Å². The zero-order chi connectivity index (χ0) is 10.9. The third-order valence-corrected chi connectivity index (χ3v) is 3.19. The Morgan fingerprint density at radius 3 is 2.87 bits per heavy atom. The van der Waals surface area contributed by atoms with Crippen molar-refractivity contribution in [2.24, 2.45) is 5.92 Å². The summed E-state index contributed by atoms with van der Waals surface area (Å²) in [6.07, 6.45) is 15.0. The highest BCUT2D eigenvalue weighted by molar-refractivity contribution is 5.83. The van der Waals surface area contributed by atoms with E-state index in [0.29, 0.717) is 5.78 Å². The SMILES string of the molecule is CCCCCC/C=C\C1CCCCC1=O. The van der Waals surface area contributed by atoms with Gasteiger partial charge in [0.1, 0.15) is 5.78 Å². The zero-order valence-corrected chi connectivity index (χ0v) is 10.0. The van der Waals surface area contributed by atoms with Crippen LogP contribution in [-0.2, 0) is 4.79 Å². The predicted octanol–water partition coefficient (Wildman–Crippen LogP) is 4.27. The normalized spacial score (nSPS) is 22.5. The van der Waals surface area contributed by atoms with Crippen molar-refractivity contribution < 1.29 is 4.79 Å². The summed E-state index contributed by atoms with van der Waals surface area (Å²) < 4.78 is 0. The molecule has 1 saturated carbocycles. The Bertz CT molecular complexity index is 205. The molecule has 1 fully saturated rings. The maximum Gasteiger partial charge on any atom is 0.139 e. The van der Waals surface area contributed by atoms with Crippen LogP contribution >= 0.6 is 0 Å². The van der Waals surface area contributed by atoms with E-state index >= 15 is 0 Å². The average molecular weight is 208 g/mol. The van der Waals surface area contributed by atoms with E-state index in [4.69, 9.17) is 0 Å². The molecule has 0 aromatic heterocycles. The number of allylic oxidation sites excluding steroid dienone is 2. The highest BCUT2D eigenvalue weighted by atomic mass is 16.1. The number of ketones is 1. The van der Waals surface area contributed by atoms with Gasteiger partial charge >= 0.3 is 0 Å². The maximum absolute atomic E-state index is 11.5. The van der Waals surface area contributed by atoms with E-state index in [0.717, 1.165) is 25.7 Å². The monoisotopic (exact) mass is 208 g/mol. The van der Waals surface area contributed by atoms with E-state index in [1.807, 2.05) is 0 Å². The first-order valence-electron chi connectivity index (χ1n) is 6.54. The minimum absolute atomic E-state index is 0.255. The van der Waals surface area contributed by atoms with Crippen LogP contribution in [-0.4, -0.2) is 5.78 Å². The second-order valence-electron chi connectivity index (χ2n) is 4.60. The lowest BCUT2D eigenvalue weighted by molar-refractivity contribution is -0.122. The molecule has 0 bridgehead atoms. The van der Waals surface area contributed by atoms with Gasteiger partial charge in [0.2, 0.25) is 0 Å². The summed E-state index contributed by atoms with van der Waals surface area (Å²) in [6.45, 7) is 2.23. The molecule has 1 aliphatic rings. The number of hydrogen-bond donors (Lipinski definition) is 0. The minimum atomic E-state index is 0.255. The van der Waals surface area contributed by atoms with Crippen LogP contribution in [0.2, 0.25) is 0 Å². The summed E-state index contributed by atoms with van der Waals surface area (Å²) in [4.78, 5) is 11.5. The van der Waals surface area contributed by atoms with Crippen LogP contribution in [0.15, 0.2) is 12.2 Å². The number of rotatable bonds is 6. The van der Waals surface area contributed by atoms with Crippen molar-refractivity contribution >= 4 is 5.78 Å². The fourth-order valence-electron chi connectivity index (χ4n) is 2.16. The van der Waals surface area contributed by atoms with E-state index in [2.05, 4.69) is 19.1 Å². The zero-order valence-electron chi connectivity index (χ0n) is 10.0. The molecule has 86 valence electrons. The lowest BCUT2D eigenvalue weighted by atomic mass is 9.87. The number of carbonyl (C=O) groups is 1. The number of carbonyl (C=O) groups excluding carboxylic acids is 1. The second-order valence-corrected chi connectivity index (χ2v) is 4.60. The molecule has 0 aromatic rings. The van der Waals surface area contributed by atoms with Crippen LogP contribution in [0, 0.1) is 5.92 Å². The molecule has 0 aliphatic heterocycles.